The first-order valence-corrected chi connectivity index (χ1v) is 10.3. The molecule has 3 rings (SSSR count). The second kappa shape index (κ2) is 10.9. The molecule has 0 bridgehead atoms. The van der Waals surface area contributed by atoms with Gasteiger partial charge in [0, 0.05) is 16.9 Å². The molecule has 0 saturated carbocycles. The van der Waals surface area contributed by atoms with Crippen LogP contribution in [0.15, 0.2) is 69.5 Å². The number of benzene rings is 1. The van der Waals surface area contributed by atoms with E-state index < -0.39 is 11.9 Å². The first-order chi connectivity index (χ1) is 15.5. The second-order valence-electron chi connectivity index (χ2n) is 6.35. The quantitative estimate of drug-likeness (QED) is 0.214. The molecule has 0 unspecified atom stereocenters. The smallest absolute Gasteiger partial charge is 0.345 e. The molecule has 162 valence electrons. The molecule has 1 amide bonds. The van der Waals surface area contributed by atoms with Crippen LogP contribution in [-0.2, 0) is 11.3 Å². The lowest BCUT2D eigenvalue weighted by molar-refractivity contribution is -0.117. The molecule has 0 aliphatic rings. The number of nitrogens with one attached hydrogen (secondary N) is 1. The van der Waals surface area contributed by atoms with E-state index in [0.717, 1.165) is 0 Å². The molecule has 1 aromatic carbocycles. The number of ether oxygens (including phenoxy) is 2. The van der Waals surface area contributed by atoms with Crippen molar-refractivity contribution >= 4 is 33.9 Å². The minimum atomic E-state index is -0.599. The molecular formula is C23H18BrN3O5. The number of hydrogen-bond donors (Lipinski definition) is 1. The van der Waals surface area contributed by atoms with Crippen LogP contribution in [0.5, 0.6) is 11.5 Å². The zero-order valence-electron chi connectivity index (χ0n) is 17.0. The van der Waals surface area contributed by atoms with Gasteiger partial charge in [0.25, 0.3) is 5.91 Å². The summed E-state index contributed by atoms with van der Waals surface area (Å²) in [6.45, 7) is 2.27. The largest absolute Gasteiger partial charge is 0.490 e. The molecule has 32 heavy (non-hydrogen) atoms. The highest BCUT2D eigenvalue weighted by atomic mass is 79.9. The lowest BCUT2D eigenvalue weighted by Crippen LogP contribution is -2.23. The summed E-state index contributed by atoms with van der Waals surface area (Å²) < 4.78 is 16.8. The van der Waals surface area contributed by atoms with Crippen molar-refractivity contribution in [2.45, 2.75) is 13.5 Å². The Kier molecular flexibility index (Phi) is 7.78. The van der Waals surface area contributed by atoms with Crippen molar-refractivity contribution in [1.29, 1.82) is 5.26 Å². The molecule has 1 N–H and O–H groups in total. The number of hydrogen-bond acceptors (Lipinski definition) is 7. The number of carbonyl (C=O) groups excluding carboxylic acids is 2. The number of carbonyl (C=O) groups is 2. The van der Waals surface area contributed by atoms with Gasteiger partial charge in [-0.2, -0.15) is 5.26 Å². The molecule has 0 atom stereocenters. The van der Waals surface area contributed by atoms with Gasteiger partial charge in [0.1, 0.15) is 17.4 Å². The summed E-state index contributed by atoms with van der Waals surface area (Å²) in [6.07, 6.45) is 5.87. The van der Waals surface area contributed by atoms with Crippen molar-refractivity contribution < 1.29 is 23.5 Å². The Balaban J connectivity index is 1.78. The number of esters is 1. The topological polar surface area (TPSA) is 114 Å². The van der Waals surface area contributed by atoms with Gasteiger partial charge < -0.3 is 19.2 Å². The third-order valence-corrected chi connectivity index (χ3v) is 4.52. The summed E-state index contributed by atoms with van der Waals surface area (Å²) in [5.74, 6) is -0.0701. The number of amides is 1. The summed E-state index contributed by atoms with van der Waals surface area (Å²) in [4.78, 5) is 28.7. The van der Waals surface area contributed by atoms with Crippen LogP contribution >= 0.6 is 15.9 Å². The Labute approximate surface area is 192 Å². The number of halogens is 1. The predicted octanol–water partition coefficient (Wildman–Crippen LogP) is 4.28. The Morgan fingerprint density at radius 3 is 2.78 bits per heavy atom. The molecule has 2 heterocycles. The lowest BCUT2D eigenvalue weighted by atomic mass is 10.1. The van der Waals surface area contributed by atoms with Gasteiger partial charge in [0.15, 0.2) is 11.5 Å². The zero-order chi connectivity index (χ0) is 22.9. The standard InChI is InChI=1S/C23H18BrN3O5/c1-2-30-21-9-15(8-16(11-25)22(28)27-14-19-4-3-7-31-19)5-6-20(21)32-23(29)17-10-18(24)13-26-12-17/h3-10,12-13H,2,14H2,1H3,(H,27,28)/b16-8+. The average Bonchev–Trinajstić information content (AvgIpc) is 3.31. The molecule has 8 nitrogen and oxygen atoms in total. The van der Waals surface area contributed by atoms with Crippen LogP contribution in [0.3, 0.4) is 0 Å². The normalized spacial score (nSPS) is 10.8. The number of rotatable bonds is 8. The Bertz CT molecular complexity index is 1180. The van der Waals surface area contributed by atoms with Crippen molar-refractivity contribution in [3.8, 4) is 17.6 Å². The van der Waals surface area contributed by atoms with Crippen molar-refractivity contribution in [2.75, 3.05) is 6.61 Å². The second-order valence-corrected chi connectivity index (χ2v) is 7.27. The number of pyridine rings is 1. The maximum Gasteiger partial charge on any atom is 0.345 e. The minimum absolute atomic E-state index is 0.0936. The van der Waals surface area contributed by atoms with E-state index in [4.69, 9.17) is 13.9 Å². The number of aromatic nitrogens is 1. The van der Waals surface area contributed by atoms with Crippen molar-refractivity contribution in [3.63, 3.8) is 0 Å². The first kappa shape index (κ1) is 22.8. The molecule has 2 aromatic heterocycles. The molecule has 0 saturated heterocycles. The third kappa shape index (κ3) is 6.06. The summed E-state index contributed by atoms with van der Waals surface area (Å²) >= 11 is 3.26. The number of furan rings is 1. The molecule has 0 aliphatic heterocycles. The Morgan fingerprint density at radius 2 is 2.09 bits per heavy atom. The van der Waals surface area contributed by atoms with Gasteiger partial charge in [-0.05, 0) is 64.8 Å². The van der Waals surface area contributed by atoms with Gasteiger partial charge in [-0.25, -0.2) is 4.79 Å². The Morgan fingerprint density at radius 1 is 1.25 bits per heavy atom. The van der Waals surface area contributed by atoms with Gasteiger partial charge in [-0.1, -0.05) is 6.07 Å². The minimum Gasteiger partial charge on any atom is -0.490 e. The van der Waals surface area contributed by atoms with Gasteiger partial charge >= 0.3 is 5.97 Å². The molecular weight excluding hydrogens is 478 g/mol. The highest BCUT2D eigenvalue weighted by Crippen LogP contribution is 2.30. The van der Waals surface area contributed by atoms with E-state index in [1.165, 1.54) is 24.6 Å². The van der Waals surface area contributed by atoms with Crippen molar-refractivity contribution in [3.05, 3.63) is 82.0 Å². The molecule has 0 aliphatic carbocycles. The van der Waals surface area contributed by atoms with Crippen LogP contribution in [0.1, 0.15) is 28.6 Å². The van der Waals surface area contributed by atoms with E-state index >= 15 is 0 Å². The highest BCUT2D eigenvalue weighted by Gasteiger charge is 2.15. The molecule has 0 fully saturated rings. The maximum atomic E-state index is 12.4. The number of nitrogens with zero attached hydrogens (tertiary/aromatic N) is 2. The zero-order valence-corrected chi connectivity index (χ0v) is 18.6. The fraction of sp³-hybridized carbons (Fsp3) is 0.130. The van der Waals surface area contributed by atoms with Crippen molar-refractivity contribution in [1.82, 2.24) is 10.3 Å². The first-order valence-electron chi connectivity index (χ1n) is 9.52. The highest BCUT2D eigenvalue weighted by molar-refractivity contribution is 9.10. The van der Waals surface area contributed by atoms with Crippen LogP contribution in [-0.4, -0.2) is 23.5 Å². The van der Waals surface area contributed by atoms with Crippen LogP contribution in [0.2, 0.25) is 0 Å². The van der Waals surface area contributed by atoms with Crippen LogP contribution in [0.4, 0.5) is 0 Å². The van der Waals surface area contributed by atoms with Crippen LogP contribution < -0.4 is 14.8 Å². The molecule has 3 aromatic rings. The Hall–Kier alpha value is -3.90. The van der Waals surface area contributed by atoms with E-state index in [1.807, 2.05) is 6.07 Å². The van der Waals surface area contributed by atoms with E-state index in [-0.39, 0.29) is 23.4 Å². The fourth-order valence-electron chi connectivity index (χ4n) is 2.64. The van der Waals surface area contributed by atoms with Gasteiger partial charge in [0.2, 0.25) is 0 Å². The van der Waals surface area contributed by atoms with Crippen LogP contribution in [0, 0.1) is 11.3 Å². The fourth-order valence-corrected chi connectivity index (χ4v) is 3.01. The van der Waals surface area contributed by atoms with Gasteiger partial charge in [0.05, 0.1) is 25.0 Å². The predicted molar refractivity (Wildman–Crippen MR) is 119 cm³/mol. The summed E-state index contributed by atoms with van der Waals surface area (Å²) in [7, 11) is 0. The maximum absolute atomic E-state index is 12.4. The van der Waals surface area contributed by atoms with E-state index in [2.05, 4.69) is 26.2 Å². The van der Waals surface area contributed by atoms with E-state index in [1.54, 1.807) is 43.5 Å². The molecule has 0 spiro atoms. The van der Waals surface area contributed by atoms with Gasteiger partial charge in [-0.15, -0.1) is 0 Å². The van der Waals surface area contributed by atoms with Crippen molar-refractivity contribution in [2.24, 2.45) is 0 Å². The SMILES string of the molecule is CCOc1cc(/C=C(\C#N)C(=O)NCc2ccco2)ccc1OC(=O)c1cncc(Br)c1. The average molecular weight is 496 g/mol. The molecule has 9 heteroatoms. The third-order valence-electron chi connectivity index (χ3n) is 4.09. The summed E-state index contributed by atoms with van der Waals surface area (Å²) in [5, 5.41) is 12.0. The van der Waals surface area contributed by atoms with Gasteiger partial charge in [-0.3, -0.25) is 9.78 Å². The summed E-state index contributed by atoms with van der Waals surface area (Å²) in [5.41, 5.74) is 0.705. The molecule has 0 radical (unpaired) electrons. The number of nitriles is 1. The van der Waals surface area contributed by atoms with E-state index in [0.29, 0.717) is 28.2 Å². The summed E-state index contributed by atoms with van der Waals surface area (Å²) in [6, 6.07) is 11.6. The monoisotopic (exact) mass is 495 g/mol. The lowest BCUT2D eigenvalue weighted by Gasteiger charge is -2.11. The van der Waals surface area contributed by atoms with Crippen LogP contribution in [0.25, 0.3) is 6.08 Å². The van der Waals surface area contributed by atoms with E-state index in [9.17, 15) is 14.9 Å².